The summed E-state index contributed by atoms with van der Waals surface area (Å²) in [6, 6.07) is 32.7. The van der Waals surface area contributed by atoms with E-state index in [9.17, 15) is 0 Å². The number of hydrogen-bond acceptors (Lipinski definition) is 0. The lowest BCUT2D eigenvalue weighted by molar-refractivity contribution is 1.34. The first-order valence-corrected chi connectivity index (χ1v) is 13.6. The SMILES string of the molecule is Cc1ccc(-c2cc3c(C)ccc4c5ccc(C)c6cc(-c7ccc(C)c(C)c7)cc(c(c2)c34)c65)cc1C. The van der Waals surface area contributed by atoms with Crippen molar-refractivity contribution in [3.63, 3.8) is 0 Å². The lowest BCUT2D eigenvalue weighted by atomic mass is 9.84. The number of aryl methyl sites for hydroxylation is 6. The summed E-state index contributed by atoms with van der Waals surface area (Å²) in [5.74, 6) is 0. The van der Waals surface area contributed by atoms with Gasteiger partial charge in [0.15, 0.2) is 0 Å². The maximum Gasteiger partial charge on any atom is -0.00233 e. The molecule has 0 spiro atoms. The molecule has 0 unspecified atom stereocenters. The van der Waals surface area contributed by atoms with Crippen molar-refractivity contribution < 1.29 is 0 Å². The van der Waals surface area contributed by atoms with E-state index in [-0.39, 0.29) is 0 Å². The lowest BCUT2D eigenvalue weighted by Crippen LogP contribution is -1.93. The van der Waals surface area contributed by atoms with Gasteiger partial charge in [-0.25, -0.2) is 0 Å². The Bertz CT molecular complexity index is 1920. The van der Waals surface area contributed by atoms with Crippen LogP contribution in [0.4, 0.5) is 0 Å². The zero-order valence-electron chi connectivity index (χ0n) is 23.1. The van der Waals surface area contributed by atoms with Crippen molar-refractivity contribution in [1.29, 1.82) is 0 Å². The highest BCUT2D eigenvalue weighted by Crippen LogP contribution is 2.45. The van der Waals surface area contributed by atoms with Gasteiger partial charge in [0, 0.05) is 0 Å². The van der Waals surface area contributed by atoms with Gasteiger partial charge in [0.05, 0.1) is 0 Å². The molecule has 0 amide bonds. The maximum atomic E-state index is 2.44. The monoisotopic (exact) mass is 488 g/mol. The average molecular weight is 489 g/mol. The summed E-state index contributed by atoms with van der Waals surface area (Å²) < 4.78 is 0. The third-order valence-corrected chi connectivity index (χ3v) is 8.93. The predicted molar refractivity (Wildman–Crippen MR) is 167 cm³/mol. The van der Waals surface area contributed by atoms with Crippen molar-refractivity contribution in [3.8, 4) is 22.3 Å². The molecule has 0 saturated heterocycles. The quantitative estimate of drug-likeness (QED) is 0.168. The second-order valence-electron chi connectivity index (χ2n) is 11.4. The van der Waals surface area contributed by atoms with E-state index in [0.29, 0.717) is 0 Å². The molecule has 0 nitrogen and oxygen atoms in total. The molecule has 0 aromatic heterocycles. The van der Waals surface area contributed by atoms with Crippen molar-refractivity contribution in [2.45, 2.75) is 41.5 Å². The van der Waals surface area contributed by atoms with Gasteiger partial charge in [-0.1, -0.05) is 60.7 Å². The average Bonchev–Trinajstić information content (AvgIpc) is 2.92. The van der Waals surface area contributed by atoms with Crippen LogP contribution in [0.1, 0.15) is 33.4 Å². The van der Waals surface area contributed by atoms with Crippen LogP contribution in [0, 0.1) is 41.5 Å². The largest absolute Gasteiger partial charge is 0.0584 e. The molecule has 7 aromatic carbocycles. The summed E-state index contributed by atoms with van der Waals surface area (Å²) in [5, 5.41) is 10.9. The highest BCUT2D eigenvalue weighted by molar-refractivity contribution is 6.34. The van der Waals surface area contributed by atoms with Crippen LogP contribution in [-0.4, -0.2) is 0 Å². The molecule has 7 rings (SSSR count). The first-order chi connectivity index (χ1) is 18.3. The topological polar surface area (TPSA) is 0 Å². The molecule has 0 heterocycles. The Morgan fingerprint density at radius 1 is 0.263 bits per heavy atom. The van der Waals surface area contributed by atoms with Gasteiger partial charge in [0.2, 0.25) is 0 Å². The Hall–Kier alpha value is -4.16. The van der Waals surface area contributed by atoms with Crippen molar-refractivity contribution >= 4 is 43.1 Å². The van der Waals surface area contributed by atoms with Crippen LogP contribution in [0.3, 0.4) is 0 Å². The number of rotatable bonds is 2. The Labute approximate surface area is 224 Å². The Kier molecular flexibility index (Phi) is 4.94. The van der Waals surface area contributed by atoms with Crippen LogP contribution in [-0.2, 0) is 0 Å². The fourth-order valence-electron chi connectivity index (χ4n) is 6.30. The molecule has 0 fully saturated rings. The van der Waals surface area contributed by atoms with Gasteiger partial charge in [-0.3, -0.25) is 0 Å². The van der Waals surface area contributed by atoms with E-state index in [4.69, 9.17) is 0 Å². The van der Waals surface area contributed by atoms with Gasteiger partial charge in [-0.2, -0.15) is 0 Å². The molecule has 184 valence electrons. The molecule has 0 saturated carbocycles. The van der Waals surface area contributed by atoms with Gasteiger partial charge < -0.3 is 0 Å². The molecule has 38 heavy (non-hydrogen) atoms. The zero-order valence-corrected chi connectivity index (χ0v) is 23.1. The minimum absolute atomic E-state index is 1.28. The summed E-state index contributed by atoms with van der Waals surface area (Å²) in [5.41, 5.74) is 13.1. The predicted octanol–water partition coefficient (Wildman–Crippen LogP) is 10.9. The molecule has 0 aliphatic carbocycles. The molecule has 0 N–H and O–H groups in total. The first kappa shape index (κ1) is 23.0. The van der Waals surface area contributed by atoms with Crippen LogP contribution in [0.25, 0.3) is 65.3 Å². The molecule has 0 radical (unpaired) electrons. The summed E-state index contributed by atoms with van der Waals surface area (Å²) in [6.45, 7) is 13.3. The van der Waals surface area contributed by atoms with Crippen LogP contribution in [0.5, 0.6) is 0 Å². The minimum atomic E-state index is 1.28. The molecule has 0 aliphatic rings. The summed E-state index contributed by atoms with van der Waals surface area (Å²) in [7, 11) is 0. The van der Waals surface area contributed by atoms with Crippen molar-refractivity contribution in [2.24, 2.45) is 0 Å². The summed E-state index contributed by atoms with van der Waals surface area (Å²) >= 11 is 0. The molecule has 0 heteroatoms. The highest BCUT2D eigenvalue weighted by Gasteiger charge is 2.18. The van der Waals surface area contributed by atoms with Crippen LogP contribution < -0.4 is 0 Å². The molecule has 7 aromatic rings. The summed E-state index contributed by atoms with van der Waals surface area (Å²) in [6.07, 6.45) is 0. The van der Waals surface area contributed by atoms with Gasteiger partial charge in [-0.15, -0.1) is 0 Å². The smallest absolute Gasteiger partial charge is 0.00233 e. The van der Waals surface area contributed by atoms with E-state index in [1.54, 1.807) is 0 Å². The highest BCUT2D eigenvalue weighted by atomic mass is 14.2. The lowest BCUT2D eigenvalue weighted by Gasteiger charge is -2.19. The van der Waals surface area contributed by atoms with Crippen LogP contribution in [0.15, 0.2) is 84.9 Å². The van der Waals surface area contributed by atoms with E-state index in [2.05, 4.69) is 126 Å². The van der Waals surface area contributed by atoms with E-state index < -0.39 is 0 Å². The Morgan fingerprint density at radius 2 is 0.632 bits per heavy atom. The maximum absolute atomic E-state index is 2.44. The van der Waals surface area contributed by atoms with E-state index >= 15 is 0 Å². The Balaban J connectivity index is 1.68. The summed E-state index contributed by atoms with van der Waals surface area (Å²) in [4.78, 5) is 0. The number of benzene rings is 7. The minimum Gasteiger partial charge on any atom is -0.0584 e. The van der Waals surface area contributed by atoms with Crippen LogP contribution in [0.2, 0.25) is 0 Å². The van der Waals surface area contributed by atoms with Crippen molar-refractivity contribution in [2.75, 3.05) is 0 Å². The molecule has 0 bridgehead atoms. The van der Waals surface area contributed by atoms with Gasteiger partial charge in [0.1, 0.15) is 0 Å². The van der Waals surface area contributed by atoms with Gasteiger partial charge in [-0.05, 0) is 165 Å². The standard InChI is InChI=1S/C38H32/c1-21-7-11-27(15-25(21)5)29-17-33-23(3)9-13-31-32-14-10-24(4)34-18-30(28-12-8-22(2)26(6)16-28)20-36(38(32)34)35(19-29)37(31)33/h7-20H,1-6H3. The van der Waals surface area contributed by atoms with Gasteiger partial charge in [0.25, 0.3) is 0 Å². The fraction of sp³-hybridized carbons (Fsp3) is 0.158. The number of hydrogen-bond donors (Lipinski definition) is 0. The van der Waals surface area contributed by atoms with E-state index in [0.717, 1.165) is 0 Å². The normalized spacial score (nSPS) is 11.9. The number of fused-ring (bicyclic) bond motifs is 2. The third-order valence-electron chi connectivity index (χ3n) is 8.93. The van der Waals surface area contributed by atoms with Crippen molar-refractivity contribution in [3.05, 3.63) is 118 Å². The fourth-order valence-corrected chi connectivity index (χ4v) is 6.30. The van der Waals surface area contributed by atoms with Gasteiger partial charge >= 0.3 is 0 Å². The molecular weight excluding hydrogens is 456 g/mol. The van der Waals surface area contributed by atoms with E-state index in [1.165, 1.54) is 98.7 Å². The molecule has 0 aliphatic heterocycles. The van der Waals surface area contributed by atoms with Crippen molar-refractivity contribution in [1.82, 2.24) is 0 Å². The molecular formula is C38H32. The first-order valence-electron chi connectivity index (χ1n) is 13.6. The van der Waals surface area contributed by atoms with Crippen LogP contribution >= 0.6 is 0 Å². The van der Waals surface area contributed by atoms with E-state index in [1.807, 2.05) is 0 Å². The Morgan fingerprint density at radius 3 is 1.03 bits per heavy atom. The third kappa shape index (κ3) is 3.30. The second kappa shape index (κ2) is 8.17. The molecule has 0 atom stereocenters. The second-order valence-corrected chi connectivity index (χ2v) is 11.4. The zero-order chi connectivity index (χ0) is 26.3.